The molecule has 3 rings (SSSR count). The molecule has 2 aromatic heterocycles. The first-order chi connectivity index (χ1) is 10.6. The van der Waals surface area contributed by atoms with Gasteiger partial charge in [0.1, 0.15) is 18.2 Å². The summed E-state index contributed by atoms with van der Waals surface area (Å²) < 4.78 is 12.5. The van der Waals surface area contributed by atoms with Crippen LogP contribution in [-0.4, -0.2) is 24.1 Å². The van der Waals surface area contributed by atoms with Gasteiger partial charge in [0.25, 0.3) is 0 Å². The Morgan fingerprint density at radius 2 is 2.14 bits per heavy atom. The topological polar surface area (TPSA) is 65.7 Å². The van der Waals surface area contributed by atoms with E-state index < -0.39 is 0 Å². The molecule has 0 aliphatic heterocycles. The molecule has 0 aliphatic carbocycles. The van der Waals surface area contributed by atoms with Crippen LogP contribution < -0.4 is 4.74 Å². The molecule has 22 heavy (non-hydrogen) atoms. The molecule has 2 heterocycles. The highest BCUT2D eigenvalue weighted by atomic mass is 35.5. The van der Waals surface area contributed by atoms with Gasteiger partial charge in [0.2, 0.25) is 0 Å². The summed E-state index contributed by atoms with van der Waals surface area (Å²) in [5, 5.41) is 9.62. The van der Waals surface area contributed by atoms with Gasteiger partial charge in [-0.25, -0.2) is 4.98 Å². The number of halogens is 1. The molecule has 0 saturated carbocycles. The van der Waals surface area contributed by atoms with Crippen molar-refractivity contribution in [1.82, 2.24) is 24.1 Å². The molecule has 0 spiro atoms. The van der Waals surface area contributed by atoms with Gasteiger partial charge in [-0.15, -0.1) is 10.2 Å². The average molecular weight is 354 g/mol. The van der Waals surface area contributed by atoms with E-state index in [4.69, 9.17) is 16.3 Å². The van der Waals surface area contributed by atoms with Gasteiger partial charge in [0.15, 0.2) is 15.3 Å². The maximum absolute atomic E-state index is 6.06. The fraction of sp³-hybridized carbons (Fsp3) is 0.231. The minimum atomic E-state index is 0.295. The first-order valence-corrected chi connectivity index (χ1v) is 8.34. The number of ether oxygens (including phenoxy) is 1. The van der Waals surface area contributed by atoms with E-state index in [1.165, 1.54) is 23.3 Å². The Balaban J connectivity index is 1.69. The molecule has 6 nitrogen and oxygen atoms in total. The maximum atomic E-state index is 6.06. The van der Waals surface area contributed by atoms with E-state index in [1.54, 1.807) is 6.07 Å². The molecule has 0 N–H and O–H groups in total. The highest BCUT2D eigenvalue weighted by molar-refractivity contribution is 8.00. The van der Waals surface area contributed by atoms with E-state index in [-0.39, 0.29) is 0 Å². The van der Waals surface area contributed by atoms with Crippen molar-refractivity contribution in [2.45, 2.75) is 23.0 Å². The Morgan fingerprint density at radius 1 is 1.32 bits per heavy atom. The molecule has 0 bridgehead atoms. The minimum Gasteiger partial charge on any atom is -0.484 e. The van der Waals surface area contributed by atoms with Gasteiger partial charge in [-0.1, -0.05) is 23.7 Å². The van der Waals surface area contributed by atoms with Gasteiger partial charge >= 0.3 is 0 Å². The van der Waals surface area contributed by atoms with Crippen LogP contribution in [0, 0.1) is 6.92 Å². The second-order valence-corrected chi connectivity index (χ2v) is 6.76. The van der Waals surface area contributed by atoms with Crippen LogP contribution in [0.2, 0.25) is 5.02 Å². The summed E-state index contributed by atoms with van der Waals surface area (Å²) in [5.74, 6) is 2.10. The summed E-state index contributed by atoms with van der Waals surface area (Å²) in [6.07, 6.45) is 0. The Labute approximate surface area is 140 Å². The number of aryl methyl sites for hydroxylation is 1. The Hall–Kier alpha value is -1.64. The van der Waals surface area contributed by atoms with E-state index in [1.807, 2.05) is 36.7 Å². The highest BCUT2D eigenvalue weighted by Crippen LogP contribution is 2.28. The van der Waals surface area contributed by atoms with Gasteiger partial charge in [-0.2, -0.15) is 4.37 Å². The number of para-hydroxylation sites is 1. The molecule has 0 radical (unpaired) electrons. The SMILES string of the molecule is Cc1nsc(Sc2nnc(COc3ccccc3Cl)n2C)n1. The van der Waals surface area contributed by atoms with Crippen molar-refractivity contribution < 1.29 is 4.74 Å². The molecular formula is C13H12ClN5OS2. The largest absolute Gasteiger partial charge is 0.484 e. The lowest BCUT2D eigenvalue weighted by atomic mass is 10.3. The quantitative estimate of drug-likeness (QED) is 0.700. The molecular weight excluding hydrogens is 342 g/mol. The predicted octanol–water partition coefficient (Wildman–Crippen LogP) is 3.36. The van der Waals surface area contributed by atoms with Gasteiger partial charge in [0, 0.05) is 7.05 Å². The van der Waals surface area contributed by atoms with Gasteiger partial charge < -0.3 is 9.30 Å². The van der Waals surface area contributed by atoms with Crippen LogP contribution in [0.25, 0.3) is 0 Å². The number of hydrogen-bond donors (Lipinski definition) is 0. The van der Waals surface area contributed by atoms with E-state index >= 15 is 0 Å². The molecule has 0 aliphatic rings. The fourth-order valence-corrected chi connectivity index (χ4v) is 3.42. The van der Waals surface area contributed by atoms with Crippen LogP contribution in [0.5, 0.6) is 5.75 Å². The zero-order valence-electron chi connectivity index (χ0n) is 11.9. The standard InChI is InChI=1S/C13H12ClN5OS2/c1-8-15-13(22-18-8)21-12-17-16-11(19(12)2)7-20-10-6-4-3-5-9(10)14/h3-6H,7H2,1-2H3. The third-order valence-corrected chi connectivity index (χ3v) is 5.00. The van der Waals surface area contributed by atoms with Crippen LogP contribution in [0.15, 0.2) is 33.8 Å². The molecule has 0 amide bonds. The normalized spacial score (nSPS) is 10.9. The molecule has 0 fully saturated rings. The third-order valence-electron chi connectivity index (χ3n) is 2.81. The van der Waals surface area contributed by atoms with Crippen molar-refractivity contribution in [3.8, 4) is 5.75 Å². The molecule has 3 aromatic rings. The zero-order chi connectivity index (χ0) is 15.5. The first-order valence-electron chi connectivity index (χ1n) is 6.37. The Bertz CT molecular complexity index is 788. The summed E-state index contributed by atoms with van der Waals surface area (Å²) in [6, 6.07) is 7.33. The maximum Gasteiger partial charge on any atom is 0.198 e. The van der Waals surface area contributed by atoms with Gasteiger partial charge in [-0.3, -0.25) is 0 Å². The van der Waals surface area contributed by atoms with Crippen LogP contribution in [0.3, 0.4) is 0 Å². The summed E-state index contributed by atoms with van der Waals surface area (Å²) in [6.45, 7) is 2.16. The van der Waals surface area contributed by atoms with Crippen LogP contribution in [0.1, 0.15) is 11.6 Å². The Kier molecular flexibility index (Phi) is 4.60. The summed E-state index contributed by atoms with van der Waals surface area (Å²) in [7, 11) is 1.89. The summed E-state index contributed by atoms with van der Waals surface area (Å²) in [4.78, 5) is 4.30. The zero-order valence-corrected chi connectivity index (χ0v) is 14.2. The summed E-state index contributed by atoms with van der Waals surface area (Å²) in [5.41, 5.74) is 0. The fourth-order valence-electron chi connectivity index (χ4n) is 1.66. The van der Waals surface area contributed by atoms with E-state index in [2.05, 4.69) is 19.6 Å². The second kappa shape index (κ2) is 6.64. The number of rotatable bonds is 5. The molecule has 114 valence electrons. The van der Waals surface area contributed by atoms with Crippen LogP contribution in [0.4, 0.5) is 0 Å². The highest BCUT2D eigenvalue weighted by Gasteiger charge is 2.13. The number of hydrogen-bond acceptors (Lipinski definition) is 7. The lowest BCUT2D eigenvalue weighted by Crippen LogP contribution is -2.04. The first kappa shape index (κ1) is 15.3. The molecule has 1 aromatic carbocycles. The van der Waals surface area contributed by atoms with Crippen molar-refractivity contribution in [3.63, 3.8) is 0 Å². The van der Waals surface area contributed by atoms with Crippen molar-refractivity contribution in [1.29, 1.82) is 0 Å². The molecule has 0 atom stereocenters. The third kappa shape index (κ3) is 3.40. The second-order valence-electron chi connectivity index (χ2n) is 4.39. The smallest absolute Gasteiger partial charge is 0.198 e. The van der Waals surface area contributed by atoms with Crippen molar-refractivity contribution in [3.05, 3.63) is 40.9 Å². The predicted molar refractivity (Wildman–Crippen MR) is 85.6 cm³/mol. The van der Waals surface area contributed by atoms with E-state index in [9.17, 15) is 0 Å². The van der Waals surface area contributed by atoms with Crippen molar-refractivity contribution in [2.24, 2.45) is 7.05 Å². The van der Waals surface area contributed by atoms with E-state index in [0.717, 1.165) is 15.3 Å². The van der Waals surface area contributed by atoms with E-state index in [0.29, 0.717) is 23.2 Å². The molecule has 0 saturated heterocycles. The number of benzene rings is 1. The van der Waals surface area contributed by atoms with Crippen LogP contribution >= 0.6 is 34.9 Å². The van der Waals surface area contributed by atoms with Gasteiger partial charge in [0.05, 0.1) is 5.02 Å². The molecule has 9 heteroatoms. The average Bonchev–Trinajstić information content (AvgIpc) is 3.06. The lowest BCUT2D eigenvalue weighted by Gasteiger charge is -2.07. The minimum absolute atomic E-state index is 0.295. The number of aromatic nitrogens is 5. The Morgan fingerprint density at radius 3 is 2.86 bits per heavy atom. The molecule has 0 unspecified atom stereocenters. The van der Waals surface area contributed by atoms with Crippen molar-refractivity contribution >= 4 is 34.9 Å². The monoisotopic (exact) mass is 353 g/mol. The van der Waals surface area contributed by atoms with Crippen molar-refractivity contribution in [2.75, 3.05) is 0 Å². The number of nitrogens with zero attached hydrogens (tertiary/aromatic N) is 5. The summed E-state index contributed by atoms with van der Waals surface area (Å²) >= 11 is 8.84. The van der Waals surface area contributed by atoms with Crippen LogP contribution in [-0.2, 0) is 13.7 Å². The van der Waals surface area contributed by atoms with Gasteiger partial charge in [-0.05, 0) is 42.4 Å². The lowest BCUT2D eigenvalue weighted by molar-refractivity contribution is 0.290.